The lowest BCUT2D eigenvalue weighted by atomic mass is 10.2. The van der Waals surface area contributed by atoms with Crippen molar-refractivity contribution in [2.45, 2.75) is 20.1 Å². The van der Waals surface area contributed by atoms with Gasteiger partial charge in [-0.1, -0.05) is 0 Å². The molecular weight excluding hydrogens is 382 g/mol. The Hall–Kier alpha value is -3.30. The lowest BCUT2D eigenvalue weighted by molar-refractivity contribution is 0.0918. The van der Waals surface area contributed by atoms with E-state index in [2.05, 4.69) is 10.4 Å². The van der Waals surface area contributed by atoms with Crippen LogP contribution in [0, 0.1) is 30.2 Å². The number of carbonyl (C=O) groups is 1. The Morgan fingerprint density at radius 2 is 1.89 bits per heavy atom. The molecule has 0 fully saturated rings. The van der Waals surface area contributed by atoms with E-state index in [0.29, 0.717) is 0 Å². The molecule has 1 N–H and O–H groups in total. The first-order valence-corrected chi connectivity index (χ1v) is 8.08. The minimum Gasteiger partial charge on any atom is -0.479 e. The number of rotatable bonds is 6. The number of hydrogen-bond acceptors (Lipinski definition) is 4. The van der Waals surface area contributed by atoms with E-state index in [1.165, 1.54) is 12.1 Å². The molecule has 10 heteroatoms. The van der Waals surface area contributed by atoms with Crippen LogP contribution in [0.5, 0.6) is 5.75 Å². The molecular formula is C18H15F4N3O3. The molecule has 1 amide bonds. The summed E-state index contributed by atoms with van der Waals surface area (Å²) in [5.41, 5.74) is 1.71. The van der Waals surface area contributed by atoms with Gasteiger partial charge in [0, 0.05) is 30.9 Å². The summed E-state index contributed by atoms with van der Waals surface area (Å²) < 4.78 is 65.2. The zero-order chi connectivity index (χ0) is 20.4. The number of amides is 1. The second kappa shape index (κ2) is 7.75. The molecule has 0 bridgehead atoms. The number of aromatic nitrogens is 2. The molecule has 3 aromatic rings. The summed E-state index contributed by atoms with van der Waals surface area (Å²) >= 11 is 0. The normalized spacial score (nSPS) is 10.9. The lowest BCUT2D eigenvalue weighted by Gasteiger charge is -2.08. The molecule has 1 aromatic carbocycles. The Morgan fingerprint density at radius 1 is 1.21 bits per heavy atom. The fourth-order valence-electron chi connectivity index (χ4n) is 2.38. The van der Waals surface area contributed by atoms with Crippen LogP contribution in [-0.4, -0.2) is 15.7 Å². The largest absolute Gasteiger partial charge is 0.479 e. The van der Waals surface area contributed by atoms with Crippen molar-refractivity contribution in [1.29, 1.82) is 0 Å². The number of hydrogen-bond donors (Lipinski definition) is 1. The molecule has 0 spiro atoms. The average molecular weight is 397 g/mol. The van der Waals surface area contributed by atoms with E-state index in [4.69, 9.17) is 9.15 Å². The number of aryl methyl sites for hydroxylation is 1. The third kappa shape index (κ3) is 3.85. The number of halogens is 4. The van der Waals surface area contributed by atoms with Crippen molar-refractivity contribution in [1.82, 2.24) is 15.1 Å². The van der Waals surface area contributed by atoms with Gasteiger partial charge in [0.1, 0.15) is 12.4 Å². The molecule has 0 aliphatic heterocycles. The van der Waals surface area contributed by atoms with Crippen LogP contribution in [0.2, 0.25) is 0 Å². The van der Waals surface area contributed by atoms with Gasteiger partial charge >= 0.3 is 0 Å². The fourth-order valence-corrected chi connectivity index (χ4v) is 2.38. The van der Waals surface area contributed by atoms with E-state index < -0.39 is 41.5 Å². The highest BCUT2D eigenvalue weighted by Crippen LogP contribution is 2.27. The third-order valence-corrected chi connectivity index (χ3v) is 4.09. The minimum atomic E-state index is -1.66. The topological polar surface area (TPSA) is 69.3 Å². The van der Waals surface area contributed by atoms with Crippen molar-refractivity contribution in [2.75, 3.05) is 0 Å². The van der Waals surface area contributed by atoms with E-state index in [9.17, 15) is 22.4 Å². The zero-order valence-corrected chi connectivity index (χ0v) is 14.9. The van der Waals surface area contributed by atoms with Crippen molar-refractivity contribution in [3.63, 3.8) is 0 Å². The maximum Gasteiger partial charge on any atom is 0.287 e. The van der Waals surface area contributed by atoms with Crippen molar-refractivity contribution in [2.24, 2.45) is 7.05 Å². The van der Waals surface area contributed by atoms with Crippen LogP contribution in [0.3, 0.4) is 0 Å². The van der Waals surface area contributed by atoms with Crippen molar-refractivity contribution in [3.8, 4) is 5.75 Å². The second-order valence-electron chi connectivity index (χ2n) is 5.91. The minimum absolute atomic E-state index is 0.0335. The molecule has 28 heavy (non-hydrogen) atoms. The number of furan rings is 1. The molecule has 0 aliphatic rings. The molecule has 6 nitrogen and oxygen atoms in total. The quantitative estimate of drug-likeness (QED) is 0.512. The Bertz CT molecular complexity index is 1000. The smallest absolute Gasteiger partial charge is 0.287 e. The average Bonchev–Trinajstić information content (AvgIpc) is 3.26. The van der Waals surface area contributed by atoms with Gasteiger partial charge in [-0.25, -0.2) is 8.78 Å². The lowest BCUT2D eigenvalue weighted by Crippen LogP contribution is -2.22. The van der Waals surface area contributed by atoms with E-state index >= 15 is 0 Å². The summed E-state index contributed by atoms with van der Waals surface area (Å²) in [5, 5.41) is 6.71. The Balaban J connectivity index is 1.63. The van der Waals surface area contributed by atoms with Gasteiger partial charge in [-0.2, -0.15) is 13.9 Å². The SMILES string of the molecule is Cc1c(CNC(=O)c2ccc(COc3c(F)c(F)cc(F)c3F)o2)cnn1C. The summed E-state index contributed by atoms with van der Waals surface area (Å²) in [5.74, 6) is -8.24. The first-order valence-electron chi connectivity index (χ1n) is 8.08. The molecule has 0 saturated heterocycles. The maximum atomic E-state index is 13.6. The van der Waals surface area contributed by atoms with Crippen molar-refractivity contribution in [3.05, 3.63) is 70.4 Å². The van der Waals surface area contributed by atoms with E-state index in [1.807, 2.05) is 6.92 Å². The van der Waals surface area contributed by atoms with Crippen molar-refractivity contribution < 1.29 is 31.5 Å². The van der Waals surface area contributed by atoms with E-state index in [0.717, 1.165) is 11.3 Å². The van der Waals surface area contributed by atoms with Gasteiger partial charge < -0.3 is 14.5 Å². The molecule has 2 aromatic heterocycles. The third-order valence-electron chi connectivity index (χ3n) is 4.09. The van der Waals surface area contributed by atoms with E-state index in [1.54, 1.807) is 17.9 Å². The van der Waals surface area contributed by atoms with Crippen LogP contribution >= 0.6 is 0 Å². The second-order valence-corrected chi connectivity index (χ2v) is 5.91. The predicted molar refractivity (Wildman–Crippen MR) is 88.4 cm³/mol. The molecule has 0 atom stereocenters. The maximum absolute atomic E-state index is 13.6. The molecule has 0 saturated carbocycles. The number of benzene rings is 1. The summed E-state index contributed by atoms with van der Waals surface area (Å²) in [7, 11) is 1.77. The van der Waals surface area contributed by atoms with Gasteiger partial charge in [-0.05, 0) is 19.1 Å². The first kappa shape index (κ1) is 19.5. The summed E-state index contributed by atoms with van der Waals surface area (Å²) in [6, 6.07) is 2.76. The Labute approximate surface area is 156 Å². The molecule has 2 heterocycles. The highest BCUT2D eigenvalue weighted by Gasteiger charge is 2.21. The number of carbonyl (C=O) groups excluding carboxylic acids is 1. The van der Waals surface area contributed by atoms with Gasteiger partial charge in [0.25, 0.3) is 5.91 Å². The molecule has 0 radical (unpaired) electrons. The molecule has 0 aliphatic carbocycles. The fraction of sp³-hybridized carbons (Fsp3) is 0.222. The van der Waals surface area contributed by atoms with Crippen molar-refractivity contribution >= 4 is 5.91 Å². The predicted octanol–water partition coefficient (Wildman–Crippen LogP) is 3.39. The van der Waals surface area contributed by atoms with Crippen LogP contribution < -0.4 is 10.1 Å². The number of ether oxygens (including phenoxy) is 1. The van der Waals surface area contributed by atoms with Crippen LogP contribution in [0.4, 0.5) is 17.6 Å². The van der Waals surface area contributed by atoms with E-state index in [-0.39, 0.29) is 24.1 Å². The van der Waals surface area contributed by atoms with Gasteiger partial charge in [0.15, 0.2) is 23.1 Å². The van der Waals surface area contributed by atoms with Crippen LogP contribution in [0.25, 0.3) is 0 Å². The van der Waals surface area contributed by atoms with Gasteiger partial charge in [-0.15, -0.1) is 0 Å². The molecule has 148 valence electrons. The monoisotopic (exact) mass is 397 g/mol. The summed E-state index contributed by atoms with van der Waals surface area (Å²) in [6.45, 7) is 1.54. The number of nitrogens with one attached hydrogen (secondary N) is 1. The van der Waals surface area contributed by atoms with Crippen LogP contribution in [-0.2, 0) is 20.2 Å². The molecule has 3 rings (SSSR count). The Morgan fingerprint density at radius 3 is 2.50 bits per heavy atom. The first-order chi connectivity index (χ1) is 13.3. The highest BCUT2D eigenvalue weighted by atomic mass is 19.2. The number of nitrogens with zero attached hydrogens (tertiary/aromatic N) is 2. The standard InChI is InChI=1S/C18H15F4N3O3/c1-9-10(7-24-25(9)2)6-23-18(26)14-4-3-11(28-14)8-27-17-15(21)12(19)5-13(20)16(17)22/h3-5,7H,6,8H2,1-2H3,(H,23,26). The van der Waals surface area contributed by atoms with Gasteiger partial charge in [0.05, 0.1) is 6.20 Å². The summed E-state index contributed by atoms with van der Waals surface area (Å²) in [6.07, 6.45) is 1.62. The zero-order valence-electron chi connectivity index (χ0n) is 14.9. The van der Waals surface area contributed by atoms with Gasteiger partial charge in [0.2, 0.25) is 11.6 Å². The molecule has 0 unspecified atom stereocenters. The van der Waals surface area contributed by atoms with Crippen LogP contribution in [0.15, 0.2) is 28.8 Å². The van der Waals surface area contributed by atoms with Crippen LogP contribution in [0.1, 0.15) is 27.6 Å². The Kier molecular flexibility index (Phi) is 5.39. The van der Waals surface area contributed by atoms with Gasteiger partial charge in [-0.3, -0.25) is 9.48 Å². The highest BCUT2D eigenvalue weighted by molar-refractivity contribution is 5.91. The summed E-state index contributed by atoms with van der Waals surface area (Å²) in [4.78, 5) is 12.1.